The Bertz CT molecular complexity index is 333. The molecule has 13 heavy (non-hydrogen) atoms. The van der Waals surface area contributed by atoms with Crippen molar-refractivity contribution < 1.29 is 4.39 Å². The summed E-state index contributed by atoms with van der Waals surface area (Å²) in [6.07, 6.45) is 0.349. The van der Waals surface area contributed by atoms with Crippen LogP contribution in [0.15, 0.2) is 18.2 Å². The van der Waals surface area contributed by atoms with Crippen LogP contribution in [0.1, 0.15) is 6.42 Å². The van der Waals surface area contributed by atoms with Crippen LogP contribution in [-0.2, 0) is 0 Å². The fraction of sp³-hybridized carbons (Fsp3) is 0.222. The van der Waals surface area contributed by atoms with Gasteiger partial charge in [0.15, 0.2) is 0 Å². The lowest BCUT2D eigenvalue weighted by Crippen LogP contribution is -2.01. The molecule has 2 nitrogen and oxygen atoms in total. The van der Waals surface area contributed by atoms with Crippen LogP contribution in [0, 0.1) is 17.1 Å². The van der Waals surface area contributed by atoms with E-state index in [9.17, 15) is 4.39 Å². The topological polar surface area (TPSA) is 35.8 Å². The summed E-state index contributed by atoms with van der Waals surface area (Å²) >= 11 is 5.56. The normalized spacial score (nSPS) is 9.31. The minimum atomic E-state index is -0.398. The van der Waals surface area contributed by atoms with Crippen molar-refractivity contribution in [3.8, 4) is 6.07 Å². The van der Waals surface area contributed by atoms with E-state index in [2.05, 4.69) is 5.32 Å². The average molecular weight is 199 g/mol. The summed E-state index contributed by atoms with van der Waals surface area (Å²) < 4.78 is 13.0. The van der Waals surface area contributed by atoms with Crippen molar-refractivity contribution in [3.05, 3.63) is 29.0 Å². The Balaban J connectivity index is 2.62. The average Bonchev–Trinajstić information content (AvgIpc) is 2.09. The maximum Gasteiger partial charge on any atom is 0.147 e. The van der Waals surface area contributed by atoms with Gasteiger partial charge in [-0.1, -0.05) is 11.6 Å². The molecule has 4 heteroatoms. The summed E-state index contributed by atoms with van der Waals surface area (Å²) in [7, 11) is 0. The first-order valence-electron chi connectivity index (χ1n) is 3.80. The lowest BCUT2D eigenvalue weighted by atomic mass is 10.3. The SMILES string of the molecule is N#CCCNc1ccc(Cl)cc1F. The Labute approximate surface area is 80.9 Å². The van der Waals surface area contributed by atoms with Crippen LogP contribution >= 0.6 is 11.6 Å². The first kappa shape index (κ1) is 9.82. The fourth-order valence-corrected chi connectivity index (χ4v) is 1.04. The fourth-order valence-electron chi connectivity index (χ4n) is 0.886. The van der Waals surface area contributed by atoms with E-state index in [0.717, 1.165) is 0 Å². The van der Waals surface area contributed by atoms with E-state index in [-0.39, 0.29) is 0 Å². The summed E-state index contributed by atoms with van der Waals surface area (Å²) in [5.41, 5.74) is 0.375. The highest BCUT2D eigenvalue weighted by atomic mass is 35.5. The van der Waals surface area contributed by atoms with E-state index in [1.165, 1.54) is 6.07 Å². The first-order chi connectivity index (χ1) is 6.24. The van der Waals surface area contributed by atoms with Gasteiger partial charge in [0.1, 0.15) is 5.82 Å². The zero-order valence-corrected chi connectivity index (χ0v) is 7.61. The van der Waals surface area contributed by atoms with E-state index in [4.69, 9.17) is 16.9 Å². The van der Waals surface area contributed by atoms with E-state index in [1.807, 2.05) is 6.07 Å². The highest BCUT2D eigenvalue weighted by molar-refractivity contribution is 6.30. The third-order valence-corrected chi connectivity index (χ3v) is 1.72. The van der Waals surface area contributed by atoms with Gasteiger partial charge in [0.2, 0.25) is 0 Å². The minimum absolute atomic E-state index is 0.349. The van der Waals surface area contributed by atoms with Gasteiger partial charge in [0, 0.05) is 11.6 Å². The third-order valence-electron chi connectivity index (χ3n) is 1.48. The van der Waals surface area contributed by atoms with E-state index >= 15 is 0 Å². The van der Waals surface area contributed by atoms with Crippen LogP contribution in [0.25, 0.3) is 0 Å². The van der Waals surface area contributed by atoms with Crippen LogP contribution < -0.4 is 5.32 Å². The molecule has 0 radical (unpaired) electrons. The standard InChI is InChI=1S/C9H8ClFN2/c10-7-2-3-9(8(11)6-7)13-5-1-4-12/h2-3,6,13H,1,5H2. The second-order valence-electron chi connectivity index (χ2n) is 2.46. The number of hydrogen-bond acceptors (Lipinski definition) is 2. The number of rotatable bonds is 3. The molecule has 0 aliphatic carbocycles. The van der Waals surface area contributed by atoms with Crippen LogP contribution in [0.3, 0.4) is 0 Å². The van der Waals surface area contributed by atoms with Gasteiger partial charge in [-0.15, -0.1) is 0 Å². The van der Waals surface area contributed by atoms with Crippen molar-refractivity contribution in [2.45, 2.75) is 6.42 Å². The Morgan fingerprint density at radius 2 is 2.31 bits per heavy atom. The Morgan fingerprint density at radius 3 is 2.92 bits per heavy atom. The second kappa shape index (κ2) is 4.68. The van der Waals surface area contributed by atoms with Gasteiger partial charge >= 0.3 is 0 Å². The molecule has 1 rings (SSSR count). The highest BCUT2D eigenvalue weighted by Crippen LogP contribution is 2.18. The van der Waals surface area contributed by atoms with Crippen molar-refractivity contribution in [2.24, 2.45) is 0 Å². The maximum atomic E-state index is 13.0. The molecular weight excluding hydrogens is 191 g/mol. The number of halogens is 2. The van der Waals surface area contributed by atoms with Gasteiger partial charge in [-0.3, -0.25) is 0 Å². The molecule has 68 valence electrons. The number of hydrogen-bond donors (Lipinski definition) is 1. The zero-order chi connectivity index (χ0) is 9.68. The van der Waals surface area contributed by atoms with Gasteiger partial charge in [-0.2, -0.15) is 5.26 Å². The summed E-state index contributed by atoms with van der Waals surface area (Å²) in [6.45, 7) is 0.440. The van der Waals surface area contributed by atoms with E-state index < -0.39 is 5.82 Å². The number of nitriles is 1. The number of nitrogens with one attached hydrogen (secondary N) is 1. The van der Waals surface area contributed by atoms with Gasteiger partial charge in [-0.05, 0) is 18.2 Å². The molecule has 0 fully saturated rings. The second-order valence-corrected chi connectivity index (χ2v) is 2.90. The van der Waals surface area contributed by atoms with Gasteiger partial charge in [0.05, 0.1) is 18.2 Å². The van der Waals surface area contributed by atoms with E-state index in [1.54, 1.807) is 12.1 Å². The van der Waals surface area contributed by atoms with Gasteiger partial charge in [-0.25, -0.2) is 4.39 Å². The lowest BCUT2D eigenvalue weighted by Gasteiger charge is -2.04. The predicted molar refractivity (Wildman–Crippen MR) is 50.1 cm³/mol. The van der Waals surface area contributed by atoms with Crippen molar-refractivity contribution in [1.82, 2.24) is 0 Å². The monoisotopic (exact) mass is 198 g/mol. The smallest absolute Gasteiger partial charge is 0.147 e. The molecule has 0 atom stereocenters. The molecule has 0 spiro atoms. The van der Waals surface area contributed by atoms with Crippen LogP contribution in [-0.4, -0.2) is 6.54 Å². The molecule has 0 unspecified atom stereocenters. The Hall–Kier alpha value is -1.27. The summed E-state index contributed by atoms with van der Waals surface area (Å²) in [5, 5.41) is 11.4. The van der Waals surface area contributed by atoms with Gasteiger partial charge in [0.25, 0.3) is 0 Å². The number of anilines is 1. The summed E-state index contributed by atoms with van der Waals surface area (Å²) in [6, 6.07) is 6.34. The van der Waals surface area contributed by atoms with Crippen LogP contribution in [0.4, 0.5) is 10.1 Å². The molecule has 0 aliphatic rings. The Morgan fingerprint density at radius 1 is 1.54 bits per heavy atom. The highest BCUT2D eigenvalue weighted by Gasteiger charge is 2.00. The molecule has 0 saturated carbocycles. The van der Waals surface area contributed by atoms with E-state index in [0.29, 0.717) is 23.7 Å². The molecule has 0 aliphatic heterocycles. The number of benzene rings is 1. The molecule has 0 amide bonds. The minimum Gasteiger partial charge on any atom is -0.382 e. The van der Waals surface area contributed by atoms with Crippen LogP contribution in [0.2, 0.25) is 5.02 Å². The molecular formula is C9H8ClFN2. The molecule has 1 N–H and O–H groups in total. The van der Waals surface area contributed by atoms with Crippen molar-refractivity contribution in [2.75, 3.05) is 11.9 Å². The molecule has 1 aromatic rings. The zero-order valence-electron chi connectivity index (χ0n) is 6.85. The Kier molecular flexibility index (Phi) is 3.53. The quantitative estimate of drug-likeness (QED) is 0.759. The number of nitrogens with zero attached hydrogens (tertiary/aromatic N) is 1. The molecule has 0 bridgehead atoms. The maximum absolute atomic E-state index is 13.0. The lowest BCUT2D eigenvalue weighted by molar-refractivity contribution is 0.630. The summed E-state index contributed by atoms with van der Waals surface area (Å²) in [4.78, 5) is 0. The first-order valence-corrected chi connectivity index (χ1v) is 4.17. The van der Waals surface area contributed by atoms with Crippen molar-refractivity contribution in [3.63, 3.8) is 0 Å². The molecule has 1 aromatic carbocycles. The molecule has 0 saturated heterocycles. The summed E-state index contributed by atoms with van der Waals surface area (Å²) in [5.74, 6) is -0.398. The third kappa shape index (κ3) is 2.92. The molecule has 0 heterocycles. The van der Waals surface area contributed by atoms with Crippen molar-refractivity contribution in [1.29, 1.82) is 5.26 Å². The van der Waals surface area contributed by atoms with Crippen molar-refractivity contribution >= 4 is 17.3 Å². The molecule has 0 aromatic heterocycles. The largest absolute Gasteiger partial charge is 0.382 e. The van der Waals surface area contributed by atoms with Crippen LogP contribution in [0.5, 0.6) is 0 Å². The predicted octanol–water partition coefficient (Wildman–Crippen LogP) is 2.80. The van der Waals surface area contributed by atoms with Gasteiger partial charge < -0.3 is 5.32 Å².